The first-order valence-corrected chi connectivity index (χ1v) is 10.3. The van der Waals surface area contributed by atoms with Gasteiger partial charge in [-0.1, -0.05) is 26.0 Å². The van der Waals surface area contributed by atoms with Gasteiger partial charge in [-0.05, 0) is 18.2 Å². The molecule has 0 atom stereocenters. The second-order valence-corrected chi connectivity index (χ2v) is 7.72. The van der Waals surface area contributed by atoms with Gasteiger partial charge in [0.25, 0.3) is 5.69 Å². The number of nitrogens with zero attached hydrogens (tertiary/aromatic N) is 3. The summed E-state index contributed by atoms with van der Waals surface area (Å²) in [6.45, 7) is 0.603. The first-order chi connectivity index (χ1) is 14.2. The minimum atomic E-state index is -4.04. The first-order valence-electron chi connectivity index (χ1n) is 8.82. The number of ether oxygens (including phenoxy) is 1. The van der Waals surface area contributed by atoms with Gasteiger partial charge in [0.05, 0.1) is 16.8 Å². The van der Waals surface area contributed by atoms with Crippen LogP contribution in [0.4, 0.5) is 20.2 Å². The Bertz CT molecular complexity index is 1030. The fourth-order valence-electron chi connectivity index (χ4n) is 2.59. The lowest BCUT2D eigenvalue weighted by Gasteiger charge is -2.20. The molecule has 2 aromatic rings. The van der Waals surface area contributed by atoms with Crippen LogP contribution >= 0.6 is 0 Å². The number of non-ortho nitro benzene ring substituents is 1. The van der Waals surface area contributed by atoms with E-state index in [4.69, 9.17) is 0 Å². The van der Waals surface area contributed by atoms with Crippen LogP contribution in [0, 0.1) is 10.1 Å². The molecule has 0 unspecified atom stereocenters. The van der Waals surface area contributed by atoms with Crippen molar-refractivity contribution in [3.05, 3.63) is 58.1 Å². The average molecular weight is 442 g/mol. The van der Waals surface area contributed by atoms with E-state index in [1.54, 1.807) is 19.9 Å². The smallest absolute Gasteiger partial charge is 0.387 e. The molecule has 12 heteroatoms. The number of anilines is 1. The lowest BCUT2D eigenvalue weighted by atomic mass is 10.2. The Morgan fingerprint density at radius 2 is 1.90 bits per heavy atom. The van der Waals surface area contributed by atoms with Crippen molar-refractivity contribution in [2.45, 2.75) is 25.4 Å². The van der Waals surface area contributed by atoms with Crippen molar-refractivity contribution >= 4 is 27.6 Å². The molecule has 0 aromatic heterocycles. The first kappa shape index (κ1) is 23.2. The predicted octanol–water partition coefficient (Wildman–Crippen LogP) is 3.67. The maximum atomic E-state index is 12.9. The number of nitrogens with one attached hydrogen (secondary N) is 1. The van der Waals surface area contributed by atoms with Crippen molar-refractivity contribution in [3.8, 4) is 5.75 Å². The maximum Gasteiger partial charge on any atom is 0.387 e. The normalized spacial score (nSPS) is 11.9. The van der Waals surface area contributed by atoms with Gasteiger partial charge in [-0.25, -0.2) is 8.42 Å². The number of nitro groups is 1. The molecule has 9 nitrogen and oxygen atoms in total. The molecule has 0 saturated carbocycles. The molecule has 0 heterocycles. The highest BCUT2D eigenvalue weighted by molar-refractivity contribution is 7.89. The zero-order valence-corrected chi connectivity index (χ0v) is 17.0. The zero-order chi connectivity index (χ0) is 22.3. The lowest BCUT2D eigenvalue weighted by Crippen LogP contribution is -2.31. The molecule has 0 aliphatic rings. The van der Waals surface area contributed by atoms with Gasteiger partial charge in [0, 0.05) is 30.8 Å². The number of hydrogen-bond donors (Lipinski definition) is 1. The molecule has 2 rings (SSSR count). The van der Waals surface area contributed by atoms with Gasteiger partial charge in [-0.2, -0.15) is 18.2 Å². The molecule has 0 aliphatic carbocycles. The van der Waals surface area contributed by atoms with Crippen LogP contribution in [0.15, 0.2) is 52.5 Å². The number of rotatable bonds is 10. The largest absolute Gasteiger partial charge is 0.434 e. The van der Waals surface area contributed by atoms with Gasteiger partial charge in [0.1, 0.15) is 10.6 Å². The highest BCUT2D eigenvalue weighted by Crippen LogP contribution is 2.29. The SMILES string of the molecule is CCN(CC)S(=O)(=O)c1cc([N+](=O)[O-])ccc1N/N=C/c1ccccc1OC(F)F. The van der Waals surface area contributed by atoms with Crippen LogP contribution in [-0.4, -0.2) is 43.6 Å². The minimum absolute atomic E-state index is 0.00370. The van der Waals surface area contributed by atoms with Crippen LogP contribution in [0.5, 0.6) is 5.75 Å². The monoisotopic (exact) mass is 442 g/mol. The highest BCUT2D eigenvalue weighted by atomic mass is 32.2. The molecule has 162 valence electrons. The van der Waals surface area contributed by atoms with Crippen molar-refractivity contribution in [3.63, 3.8) is 0 Å². The molecule has 0 radical (unpaired) electrons. The Kier molecular flexibility index (Phi) is 7.78. The molecular weight excluding hydrogens is 422 g/mol. The van der Waals surface area contributed by atoms with E-state index in [-0.39, 0.29) is 35.0 Å². The minimum Gasteiger partial charge on any atom is -0.434 e. The van der Waals surface area contributed by atoms with Crippen molar-refractivity contribution in [2.24, 2.45) is 5.10 Å². The van der Waals surface area contributed by atoms with Gasteiger partial charge in [0.15, 0.2) is 0 Å². The summed E-state index contributed by atoms with van der Waals surface area (Å²) in [5.41, 5.74) is 2.34. The molecular formula is C18H20F2N4O5S. The maximum absolute atomic E-state index is 12.9. The van der Waals surface area contributed by atoms with Crippen molar-refractivity contribution < 1.29 is 26.9 Å². The van der Waals surface area contributed by atoms with Crippen LogP contribution in [-0.2, 0) is 10.0 Å². The van der Waals surface area contributed by atoms with Crippen LogP contribution in [0.3, 0.4) is 0 Å². The fourth-order valence-corrected chi connectivity index (χ4v) is 4.21. The standard InChI is InChI=1S/C18H20F2N4O5S/c1-3-23(4-2)30(27,28)17-11-14(24(25)26)9-10-15(17)22-21-12-13-7-5-6-8-16(13)29-18(19)20/h5-12,18,22H,3-4H2,1-2H3/b21-12+. The summed E-state index contributed by atoms with van der Waals surface area (Å²) in [7, 11) is -4.04. The second-order valence-electron chi connectivity index (χ2n) is 5.81. The molecule has 0 spiro atoms. The molecule has 1 N–H and O–H groups in total. The number of hydrazone groups is 1. The van der Waals surface area contributed by atoms with E-state index < -0.39 is 27.2 Å². The van der Waals surface area contributed by atoms with Gasteiger partial charge in [-0.15, -0.1) is 0 Å². The lowest BCUT2D eigenvalue weighted by molar-refractivity contribution is -0.385. The Morgan fingerprint density at radius 3 is 2.50 bits per heavy atom. The van der Waals surface area contributed by atoms with Crippen molar-refractivity contribution in [1.82, 2.24) is 4.31 Å². The zero-order valence-electron chi connectivity index (χ0n) is 16.2. The van der Waals surface area contributed by atoms with Gasteiger partial charge in [0.2, 0.25) is 10.0 Å². The molecule has 0 amide bonds. The summed E-state index contributed by atoms with van der Waals surface area (Å²) in [6.07, 6.45) is 1.17. The van der Waals surface area contributed by atoms with E-state index in [1.165, 1.54) is 30.5 Å². The number of hydrogen-bond acceptors (Lipinski definition) is 7. The van der Waals surface area contributed by atoms with E-state index in [1.807, 2.05) is 0 Å². The van der Waals surface area contributed by atoms with E-state index in [0.29, 0.717) is 0 Å². The molecule has 0 saturated heterocycles. The topological polar surface area (TPSA) is 114 Å². The third-order valence-electron chi connectivity index (χ3n) is 4.02. The van der Waals surface area contributed by atoms with E-state index in [2.05, 4.69) is 15.3 Å². The van der Waals surface area contributed by atoms with Crippen LogP contribution in [0.1, 0.15) is 19.4 Å². The Labute approximate surface area is 172 Å². The Hall–Kier alpha value is -3.12. The van der Waals surface area contributed by atoms with Crippen molar-refractivity contribution in [1.29, 1.82) is 0 Å². The van der Waals surface area contributed by atoms with Crippen molar-refractivity contribution in [2.75, 3.05) is 18.5 Å². The number of nitro benzene ring substituents is 1. The summed E-state index contributed by atoms with van der Waals surface area (Å²) in [6, 6.07) is 9.19. The quantitative estimate of drug-likeness (QED) is 0.341. The predicted molar refractivity (Wildman–Crippen MR) is 107 cm³/mol. The van der Waals surface area contributed by atoms with E-state index >= 15 is 0 Å². The average Bonchev–Trinajstić information content (AvgIpc) is 2.69. The number of halogens is 2. The molecule has 0 aliphatic heterocycles. The molecule has 2 aromatic carbocycles. The molecule has 0 bridgehead atoms. The highest BCUT2D eigenvalue weighted by Gasteiger charge is 2.27. The number of alkyl halides is 2. The van der Waals surface area contributed by atoms with E-state index in [0.717, 1.165) is 16.4 Å². The third kappa shape index (κ3) is 5.48. The Balaban J connectivity index is 2.41. The molecule has 30 heavy (non-hydrogen) atoms. The number of benzene rings is 2. The van der Waals surface area contributed by atoms with Gasteiger partial charge in [-0.3, -0.25) is 15.5 Å². The summed E-state index contributed by atoms with van der Waals surface area (Å²) >= 11 is 0. The Morgan fingerprint density at radius 1 is 1.23 bits per heavy atom. The summed E-state index contributed by atoms with van der Waals surface area (Å²) in [5, 5.41) is 15.0. The van der Waals surface area contributed by atoms with Gasteiger partial charge >= 0.3 is 6.61 Å². The summed E-state index contributed by atoms with van der Waals surface area (Å²) in [4.78, 5) is 10.1. The summed E-state index contributed by atoms with van der Waals surface area (Å²) < 4.78 is 56.4. The number of para-hydroxylation sites is 1. The van der Waals surface area contributed by atoms with Gasteiger partial charge < -0.3 is 4.74 Å². The third-order valence-corrected chi connectivity index (χ3v) is 6.11. The van der Waals surface area contributed by atoms with Crippen LogP contribution < -0.4 is 10.2 Å². The van der Waals surface area contributed by atoms with Crippen LogP contribution in [0.25, 0.3) is 0 Å². The summed E-state index contributed by atoms with van der Waals surface area (Å²) in [5.74, 6) is -0.113. The van der Waals surface area contributed by atoms with E-state index in [9.17, 15) is 27.3 Å². The number of sulfonamides is 1. The molecule has 0 fully saturated rings. The fraction of sp³-hybridized carbons (Fsp3) is 0.278. The second kappa shape index (κ2) is 10.1. The van der Waals surface area contributed by atoms with Crippen LogP contribution in [0.2, 0.25) is 0 Å².